The van der Waals surface area contributed by atoms with Crippen molar-refractivity contribution in [3.8, 4) is 0 Å². The highest BCUT2D eigenvalue weighted by Crippen LogP contribution is 2.18. The SMILES string of the molecule is Cc1ccc(C)c(S(=O)(=O)NCC2CN(C(C)C)C(=O)O2)c1. The van der Waals surface area contributed by atoms with Gasteiger partial charge in [0.2, 0.25) is 10.0 Å². The number of aryl methyl sites for hydroxylation is 2. The van der Waals surface area contributed by atoms with Crippen LogP contribution in [0.1, 0.15) is 25.0 Å². The molecule has 7 heteroatoms. The van der Waals surface area contributed by atoms with Gasteiger partial charge >= 0.3 is 6.09 Å². The number of carbonyl (C=O) groups excluding carboxylic acids is 1. The Labute approximate surface area is 131 Å². The van der Waals surface area contributed by atoms with Gasteiger partial charge in [-0.25, -0.2) is 17.9 Å². The van der Waals surface area contributed by atoms with E-state index in [-0.39, 0.29) is 17.5 Å². The smallest absolute Gasteiger partial charge is 0.410 e. The summed E-state index contributed by atoms with van der Waals surface area (Å²) in [5, 5.41) is 0. The van der Waals surface area contributed by atoms with Gasteiger partial charge in [0.1, 0.15) is 6.10 Å². The first-order valence-electron chi connectivity index (χ1n) is 7.25. The molecule has 1 amide bonds. The summed E-state index contributed by atoms with van der Waals surface area (Å²) in [6, 6.07) is 5.32. The Bertz CT molecular complexity index is 670. The topological polar surface area (TPSA) is 75.7 Å². The van der Waals surface area contributed by atoms with Crippen LogP contribution in [0.4, 0.5) is 4.79 Å². The van der Waals surface area contributed by atoms with Crippen LogP contribution >= 0.6 is 0 Å². The van der Waals surface area contributed by atoms with Crippen molar-refractivity contribution in [3.05, 3.63) is 29.3 Å². The molecule has 1 aromatic rings. The number of hydrogen-bond donors (Lipinski definition) is 1. The zero-order valence-corrected chi connectivity index (χ0v) is 14.1. The van der Waals surface area contributed by atoms with Crippen LogP contribution in [-0.4, -0.2) is 44.6 Å². The first-order valence-corrected chi connectivity index (χ1v) is 8.73. The van der Waals surface area contributed by atoms with Crippen LogP contribution in [0.2, 0.25) is 0 Å². The van der Waals surface area contributed by atoms with Crippen molar-refractivity contribution in [3.63, 3.8) is 0 Å². The number of nitrogens with zero attached hydrogens (tertiary/aromatic N) is 1. The average Bonchev–Trinajstić information content (AvgIpc) is 2.81. The number of cyclic esters (lactones) is 1. The molecule has 122 valence electrons. The Kier molecular flexibility index (Phi) is 4.77. The molecule has 1 saturated heterocycles. The lowest BCUT2D eigenvalue weighted by molar-refractivity contribution is 0.130. The van der Waals surface area contributed by atoms with Crippen LogP contribution in [0.15, 0.2) is 23.1 Å². The fraction of sp³-hybridized carbons (Fsp3) is 0.533. The van der Waals surface area contributed by atoms with Crippen molar-refractivity contribution >= 4 is 16.1 Å². The van der Waals surface area contributed by atoms with Crippen molar-refractivity contribution in [2.45, 2.75) is 44.7 Å². The number of rotatable bonds is 5. The quantitative estimate of drug-likeness (QED) is 0.895. The van der Waals surface area contributed by atoms with Gasteiger partial charge in [-0.3, -0.25) is 0 Å². The number of amides is 1. The van der Waals surface area contributed by atoms with Gasteiger partial charge < -0.3 is 9.64 Å². The van der Waals surface area contributed by atoms with Gasteiger partial charge in [0.05, 0.1) is 11.4 Å². The first-order chi connectivity index (χ1) is 10.2. The van der Waals surface area contributed by atoms with Gasteiger partial charge in [0.15, 0.2) is 0 Å². The maximum Gasteiger partial charge on any atom is 0.410 e. The van der Waals surface area contributed by atoms with Crippen LogP contribution in [0, 0.1) is 13.8 Å². The molecule has 0 radical (unpaired) electrons. The summed E-state index contributed by atoms with van der Waals surface area (Å²) < 4.78 is 32.5. The summed E-state index contributed by atoms with van der Waals surface area (Å²) in [6.45, 7) is 7.85. The van der Waals surface area contributed by atoms with Crippen molar-refractivity contribution in [2.75, 3.05) is 13.1 Å². The van der Waals surface area contributed by atoms with E-state index in [9.17, 15) is 13.2 Å². The molecule has 0 aromatic heterocycles. The van der Waals surface area contributed by atoms with Gasteiger partial charge in [-0.1, -0.05) is 12.1 Å². The average molecular weight is 326 g/mol. The predicted molar refractivity (Wildman–Crippen MR) is 83.2 cm³/mol. The Balaban J connectivity index is 2.05. The molecule has 1 unspecified atom stereocenters. The van der Waals surface area contributed by atoms with Crippen LogP contribution in [0.5, 0.6) is 0 Å². The molecule has 22 heavy (non-hydrogen) atoms. The van der Waals surface area contributed by atoms with E-state index in [1.165, 1.54) is 0 Å². The third kappa shape index (κ3) is 3.59. The summed E-state index contributed by atoms with van der Waals surface area (Å²) in [6.07, 6.45) is -0.860. The minimum absolute atomic E-state index is 0.0353. The largest absolute Gasteiger partial charge is 0.443 e. The van der Waals surface area contributed by atoms with E-state index in [1.54, 1.807) is 24.0 Å². The fourth-order valence-electron chi connectivity index (χ4n) is 2.35. The fourth-order valence-corrected chi connectivity index (χ4v) is 3.74. The summed E-state index contributed by atoms with van der Waals surface area (Å²) in [5.74, 6) is 0. The van der Waals surface area contributed by atoms with Crippen LogP contribution < -0.4 is 4.72 Å². The van der Waals surface area contributed by atoms with Crippen LogP contribution in [0.3, 0.4) is 0 Å². The van der Waals surface area contributed by atoms with Crippen LogP contribution in [-0.2, 0) is 14.8 Å². The number of hydrogen-bond acceptors (Lipinski definition) is 4. The summed E-state index contributed by atoms with van der Waals surface area (Å²) in [4.78, 5) is 13.5. The molecule has 0 bridgehead atoms. The highest BCUT2D eigenvalue weighted by atomic mass is 32.2. The normalized spacial score (nSPS) is 18.9. The van der Waals surface area contributed by atoms with E-state index in [0.717, 1.165) is 5.56 Å². The second kappa shape index (κ2) is 6.26. The molecule has 1 atom stereocenters. The summed E-state index contributed by atoms with van der Waals surface area (Å²) >= 11 is 0. The second-order valence-electron chi connectivity index (χ2n) is 5.87. The lowest BCUT2D eigenvalue weighted by atomic mass is 10.2. The standard InChI is InChI=1S/C15H22N2O4S/c1-10(2)17-9-13(21-15(17)18)8-16-22(19,20)14-7-11(3)5-6-12(14)4/h5-7,10,13,16H,8-9H2,1-4H3. The first kappa shape index (κ1) is 16.8. The lowest BCUT2D eigenvalue weighted by Gasteiger charge is -2.17. The highest BCUT2D eigenvalue weighted by Gasteiger charge is 2.33. The molecule has 1 aromatic carbocycles. The van der Waals surface area contributed by atoms with Gasteiger partial charge in [-0.05, 0) is 44.9 Å². The van der Waals surface area contributed by atoms with Crippen molar-refractivity contribution in [1.29, 1.82) is 0 Å². The second-order valence-corrected chi connectivity index (χ2v) is 7.61. The molecule has 1 aliphatic heterocycles. The molecule has 0 saturated carbocycles. The van der Waals surface area contributed by atoms with Crippen LogP contribution in [0.25, 0.3) is 0 Å². The zero-order valence-electron chi connectivity index (χ0n) is 13.3. The molecule has 1 fully saturated rings. The Morgan fingerprint density at radius 1 is 1.36 bits per heavy atom. The molecule has 0 spiro atoms. The Morgan fingerprint density at radius 2 is 2.05 bits per heavy atom. The van der Waals surface area contributed by atoms with Gasteiger partial charge in [-0.15, -0.1) is 0 Å². The molecule has 2 rings (SSSR count). The number of ether oxygens (including phenoxy) is 1. The Hall–Kier alpha value is -1.60. The van der Waals surface area contributed by atoms with E-state index >= 15 is 0 Å². The minimum Gasteiger partial charge on any atom is -0.443 e. The molecular formula is C15H22N2O4S. The number of benzene rings is 1. The van der Waals surface area contributed by atoms with E-state index in [4.69, 9.17) is 4.74 Å². The number of sulfonamides is 1. The van der Waals surface area contributed by atoms with Gasteiger partial charge in [0.25, 0.3) is 0 Å². The summed E-state index contributed by atoms with van der Waals surface area (Å²) in [7, 11) is -3.62. The maximum absolute atomic E-state index is 12.4. The number of nitrogens with one attached hydrogen (secondary N) is 1. The molecule has 6 nitrogen and oxygen atoms in total. The lowest BCUT2D eigenvalue weighted by Crippen LogP contribution is -2.36. The van der Waals surface area contributed by atoms with Crippen molar-refractivity contribution < 1.29 is 17.9 Å². The van der Waals surface area contributed by atoms with Gasteiger partial charge in [-0.2, -0.15) is 0 Å². The third-order valence-corrected chi connectivity index (χ3v) is 5.23. The highest BCUT2D eigenvalue weighted by molar-refractivity contribution is 7.89. The molecule has 1 heterocycles. The Morgan fingerprint density at radius 3 is 2.64 bits per heavy atom. The molecule has 1 N–H and O–H groups in total. The number of carbonyl (C=O) groups is 1. The molecule has 0 aliphatic carbocycles. The van der Waals surface area contributed by atoms with E-state index in [1.807, 2.05) is 26.8 Å². The third-order valence-electron chi connectivity index (χ3n) is 3.66. The maximum atomic E-state index is 12.4. The predicted octanol–water partition coefficient (Wildman–Crippen LogP) is 1.81. The molecular weight excluding hydrogens is 304 g/mol. The monoisotopic (exact) mass is 326 g/mol. The molecule has 1 aliphatic rings. The van der Waals surface area contributed by atoms with Gasteiger partial charge in [0, 0.05) is 12.6 Å². The minimum atomic E-state index is -3.62. The van der Waals surface area contributed by atoms with E-state index in [2.05, 4.69) is 4.72 Å². The van der Waals surface area contributed by atoms with E-state index < -0.39 is 22.2 Å². The summed E-state index contributed by atoms with van der Waals surface area (Å²) in [5.41, 5.74) is 1.56. The van der Waals surface area contributed by atoms with E-state index in [0.29, 0.717) is 12.1 Å². The van der Waals surface area contributed by atoms with Crippen molar-refractivity contribution in [2.24, 2.45) is 0 Å². The zero-order chi connectivity index (χ0) is 16.5. The van der Waals surface area contributed by atoms with Crippen molar-refractivity contribution in [1.82, 2.24) is 9.62 Å².